The second kappa shape index (κ2) is 24.7. The molecule has 15 rings (SSSR count). The van der Waals surface area contributed by atoms with E-state index < -0.39 is 11.7 Å². The maximum atomic E-state index is 15.9. The molecule has 0 bridgehead atoms. The van der Waals surface area contributed by atoms with E-state index >= 15 is 13.2 Å². The van der Waals surface area contributed by atoms with Gasteiger partial charge in [-0.2, -0.15) is 34.2 Å². The van der Waals surface area contributed by atoms with Crippen LogP contribution in [0.5, 0.6) is 0 Å². The van der Waals surface area contributed by atoms with Crippen molar-refractivity contribution in [1.82, 2.24) is 24.1 Å². The van der Waals surface area contributed by atoms with Crippen LogP contribution in [0, 0.1) is 71.6 Å². The lowest BCUT2D eigenvalue weighted by Gasteiger charge is -2.21. The minimum atomic E-state index is -4.87. The molecule has 0 radical (unpaired) electrons. The quantitative estimate of drug-likeness (QED) is 0.123. The van der Waals surface area contributed by atoms with Gasteiger partial charge >= 0.3 is 6.18 Å². The summed E-state index contributed by atoms with van der Waals surface area (Å²) in [7, 11) is 0. The Morgan fingerprint density at radius 1 is 0.320 bits per heavy atom. The normalized spacial score (nSPS) is 11.1. The Balaban J connectivity index is 1.06. The maximum absolute atomic E-state index is 15.9. The lowest BCUT2D eigenvalue weighted by Crippen LogP contribution is -2.08. The Bertz CT molecular complexity index is 6060. The Morgan fingerprint density at radius 3 is 1.11 bits per heavy atom. The molecule has 0 spiro atoms. The molecule has 16 heteroatoms. The van der Waals surface area contributed by atoms with Gasteiger partial charge in [-0.3, -0.25) is 0 Å². The number of benzene rings is 12. The summed E-state index contributed by atoms with van der Waals surface area (Å²) in [5.41, 5.74) is 11.2. The number of fused-ring (bicyclic) bond motifs is 6. The van der Waals surface area contributed by atoms with E-state index in [1.165, 1.54) is 30.3 Å². The van der Waals surface area contributed by atoms with Gasteiger partial charge in [0.25, 0.3) is 0 Å². The summed E-state index contributed by atoms with van der Waals surface area (Å²) in [4.78, 5) is 30.0. The average molecular weight is 1290 g/mol. The van der Waals surface area contributed by atoms with E-state index in [0.717, 1.165) is 12.1 Å². The Hall–Kier alpha value is -15.0. The highest BCUT2D eigenvalue weighted by molar-refractivity contribution is 6.15. The number of nitrogens with zero attached hydrogens (tertiary/aromatic N) is 13. The predicted octanol–water partition coefficient (Wildman–Crippen LogP) is 22.1. The van der Waals surface area contributed by atoms with Crippen LogP contribution in [-0.4, -0.2) is 24.1 Å². The zero-order valence-corrected chi connectivity index (χ0v) is 52.0. The molecule has 3 heterocycles. The number of hydrogen-bond acceptors (Lipinski definition) is 7. The molecular formula is C84H40F3N13. The first-order valence-corrected chi connectivity index (χ1v) is 30.9. The second-order valence-electron chi connectivity index (χ2n) is 23.4. The van der Waals surface area contributed by atoms with Crippen molar-refractivity contribution in [2.75, 3.05) is 0 Å². The first kappa shape index (κ1) is 61.2. The Morgan fingerprint density at radius 2 is 0.710 bits per heavy atom. The zero-order chi connectivity index (χ0) is 68.9. The highest BCUT2D eigenvalue weighted by atomic mass is 19.4. The van der Waals surface area contributed by atoms with Crippen molar-refractivity contribution in [2.24, 2.45) is 0 Å². The van der Waals surface area contributed by atoms with Gasteiger partial charge in [-0.1, -0.05) is 140 Å². The van der Waals surface area contributed by atoms with Crippen LogP contribution in [0.2, 0.25) is 0 Å². The lowest BCUT2D eigenvalue weighted by atomic mass is 9.95. The van der Waals surface area contributed by atoms with E-state index in [1.54, 1.807) is 77.4 Å². The van der Waals surface area contributed by atoms with E-state index in [-0.39, 0.29) is 45.4 Å². The van der Waals surface area contributed by atoms with Crippen LogP contribution in [0.3, 0.4) is 0 Å². The molecule has 0 saturated carbocycles. The number of alkyl halides is 3. The third kappa shape index (κ3) is 10.6. The lowest BCUT2D eigenvalue weighted by molar-refractivity contribution is -0.137. The molecule has 0 aliphatic carbocycles. The summed E-state index contributed by atoms with van der Waals surface area (Å²) in [6.07, 6.45) is -4.87. The first-order chi connectivity index (χ1) is 48.8. The van der Waals surface area contributed by atoms with Crippen molar-refractivity contribution in [1.29, 1.82) is 21.0 Å². The summed E-state index contributed by atoms with van der Waals surface area (Å²) >= 11 is 0. The van der Waals surface area contributed by atoms with E-state index in [9.17, 15) is 21.0 Å². The fourth-order valence-corrected chi connectivity index (χ4v) is 13.1. The standard InChI is InChI=1S/C84H40F3N13/c1-92-61-23-28-65(73(43-61)94-3)55-19-32-78-71(39-55)72-40-56(66-29-24-62(93-2)44-74(66)95-4)20-33-79(72)100(78)80-42-60(84(85,86)87)22-27-67(80)68-41-57(83-97-81(51-11-7-5-8-12-51)96-82(98-83)52-13-9-6-10-14-52)21-34-75(68)99-76-30-17-53(63-25-15-49(45-88)35-58(63)47-90)37-69(76)70-38-54(18-31-77(70)99)64-26-16-50(46-89)36-59(64)48-91/h5-44H. The SMILES string of the molecule is [C-]#[N+]c1ccc(-c2ccc3c(c2)c2cc(-c4ccc([N+]#[C-])cc4[N+]#[C-])ccc2n3-c2cc(C(F)(F)F)ccc2-c2cc(-c3nc(-c4ccccc4)nc(-c4ccccc4)n3)ccc2-n2c3ccc(-c4ccc(C#N)cc4C#N)cc3c3cc(-c4ccc(C#N)cc4C#N)ccc32)c([N+]#[C-])c1. The molecule has 462 valence electrons. The molecule has 0 fully saturated rings. The molecule has 0 aliphatic rings. The maximum Gasteiger partial charge on any atom is 0.416 e. The fraction of sp³-hybridized carbons (Fsp3) is 0.0119. The zero-order valence-electron chi connectivity index (χ0n) is 52.0. The topological polar surface area (TPSA) is 161 Å². The predicted molar refractivity (Wildman–Crippen MR) is 381 cm³/mol. The summed E-state index contributed by atoms with van der Waals surface area (Å²) in [6.45, 7) is 31.8. The van der Waals surface area contributed by atoms with Gasteiger partial charge in [-0.15, -0.1) is 0 Å². The van der Waals surface area contributed by atoms with E-state index in [4.69, 9.17) is 41.2 Å². The van der Waals surface area contributed by atoms with Gasteiger partial charge in [-0.05, 0) is 148 Å². The van der Waals surface area contributed by atoms with Crippen molar-refractivity contribution >= 4 is 66.4 Å². The highest BCUT2D eigenvalue weighted by Gasteiger charge is 2.33. The van der Waals surface area contributed by atoms with Gasteiger partial charge in [0.05, 0.1) is 112 Å². The third-order valence-electron chi connectivity index (χ3n) is 17.8. The minimum absolute atomic E-state index is 0.103. The molecule has 100 heavy (non-hydrogen) atoms. The summed E-state index contributed by atoms with van der Waals surface area (Å²) < 4.78 is 51.5. The number of aromatic nitrogens is 5. The van der Waals surface area contributed by atoms with Crippen LogP contribution in [0.15, 0.2) is 243 Å². The second-order valence-corrected chi connectivity index (χ2v) is 23.4. The van der Waals surface area contributed by atoms with Crippen molar-refractivity contribution in [3.63, 3.8) is 0 Å². The van der Waals surface area contributed by atoms with E-state index in [0.29, 0.717) is 144 Å². The smallest absolute Gasteiger partial charge is 0.309 e. The van der Waals surface area contributed by atoms with Crippen LogP contribution in [0.25, 0.3) is 164 Å². The molecular weight excluding hydrogens is 1250 g/mol. The monoisotopic (exact) mass is 1290 g/mol. The van der Waals surface area contributed by atoms with E-state index in [1.807, 2.05) is 132 Å². The molecule has 12 aromatic carbocycles. The van der Waals surface area contributed by atoms with Crippen molar-refractivity contribution in [2.45, 2.75) is 6.18 Å². The molecule has 0 unspecified atom stereocenters. The fourth-order valence-electron chi connectivity index (χ4n) is 13.1. The highest BCUT2D eigenvalue weighted by Crippen LogP contribution is 2.48. The number of rotatable bonds is 10. The third-order valence-corrected chi connectivity index (χ3v) is 17.8. The van der Waals surface area contributed by atoms with Crippen molar-refractivity contribution in [3.8, 4) is 125 Å². The van der Waals surface area contributed by atoms with Crippen LogP contribution < -0.4 is 0 Å². The molecule has 0 N–H and O–H groups in total. The van der Waals surface area contributed by atoms with Crippen molar-refractivity contribution in [3.05, 3.63) is 316 Å². The molecule has 3 aromatic heterocycles. The molecule has 0 amide bonds. The number of nitriles is 4. The van der Waals surface area contributed by atoms with Crippen LogP contribution in [0.4, 0.5) is 35.9 Å². The number of halogens is 3. The van der Waals surface area contributed by atoms with Gasteiger partial charge in [0, 0.05) is 49.4 Å². The average Bonchev–Trinajstić information content (AvgIpc) is 1.56. The summed E-state index contributed by atoms with van der Waals surface area (Å²) in [6, 6.07) is 78.8. The van der Waals surface area contributed by atoms with Gasteiger partial charge in [0.2, 0.25) is 0 Å². The molecule has 0 saturated heterocycles. The van der Waals surface area contributed by atoms with Crippen molar-refractivity contribution < 1.29 is 13.2 Å². The minimum Gasteiger partial charge on any atom is -0.309 e. The first-order valence-electron chi connectivity index (χ1n) is 30.9. The van der Waals surface area contributed by atoms with Gasteiger partial charge in [0.15, 0.2) is 40.2 Å². The van der Waals surface area contributed by atoms with Gasteiger partial charge < -0.3 is 9.13 Å². The number of hydrogen-bond donors (Lipinski definition) is 0. The van der Waals surface area contributed by atoms with E-state index in [2.05, 4.69) is 43.7 Å². The van der Waals surface area contributed by atoms with Crippen LogP contribution in [-0.2, 0) is 6.18 Å². The molecule has 0 atom stereocenters. The molecule has 15 aromatic rings. The summed E-state index contributed by atoms with van der Waals surface area (Å²) in [5, 5.41) is 43.3. The van der Waals surface area contributed by atoms with Gasteiger partial charge in [0.1, 0.15) is 0 Å². The Kier molecular flexibility index (Phi) is 15.1. The van der Waals surface area contributed by atoms with Gasteiger partial charge in [-0.25, -0.2) is 34.3 Å². The van der Waals surface area contributed by atoms with Crippen LogP contribution in [0.1, 0.15) is 27.8 Å². The summed E-state index contributed by atoms with van der Waals surface area (Å²) in [5.74, 6) is 0.979. The molecule has 0 aliphatic heterocycles. The molecule has 13 nitrogen and oxygen atoms in total. The largest absolute Gasteiger partial charge is 0.416 e. The Labute approximate surface area is 569 Å². The van der Waals surface area contributed by atoms with Crippen LogP contribution >= 0.6 is 0 Å².